The number of nitrogens with zero attached hydrogens (tertiary/aromatic N) is 3. The first-order valence-corrected chi connectivity index (χ1v) is 20.3. The van der Waals surface area contributed by atoms with Gasteiger partial charge in [0.15, 0.2) is 0 Å². The quantitative estimate of drug-likeness (QED) is 0.169. The molecule has 0 unspecified atom stereocenters. The molecule has 59 heavy (non-hydrogen) atoms. The Kier molecular flexibility index (Phi) is 7.86. The van der Waals surface area contributed by atoms with Crippen LogP contribution in [0.4, 0.5) is 0 Å². The zero-order valence-corrected chi connectivity index (χ0v) is 33.2. The molecule has 0 amide bonds. The predicted molar refractivity (Wildman–Crippen MR) is 242 cm³/mol. The Hall–Kier alpha value is -7.42. The van der Waals surface area contributed by atoms with Gasteiger partial charge in [-0.05, 0) is 106 Å². The summed E-state index contributed by atoms with van der Waals surface area (Å²) in [7, 11) is 0. The number of hydrogen-bond acceptors (Lipinski definition) is 4. The van der Waals surface area contributed by atoms with Gasteiger partial charge in [0.25, 0.3) is 0 Å². The molecule has 0 bridgehead atoms. The highest BCUT2D eigenvalue weighted by Gasteiger charge is 2.26. The van der Waals surface area contributed by atoms with Crippen molar-refractivity contribution in [2.75, 3.05) is 0 Å². The van der Waals surface area contributed by atoms with Crippen LogP contribution in [0.1, 0.15) is 56.2 Å². The van der Waals surface area contributed by atoms with E-state index in [1.165, 1.54) is 33.3 Å². The number of fused-ring (bicyclic) bond motifs is 9. The first-order valence-electron chi connectivity index (χ1n) is 20.3. The predicted octanol–water partition coefficient (Wildman–Crippen LogP) is 15.1. The molecular formula is C54H39N3O2. The Morgan fingerprint density at radius 1 is 0.525 bits per heavy atom. The van der Waals surface area contributed by atoms with Crippen molar-refractivity contribution in [2.45, 2.75) is 39.5 Å². The first kappa shape index (κ1) is 34.8. The lowest BCUT2D eigenvalue weighted by atomic mass is 9.88. The highest BCUT2D eigenvalue weighted by Crippen LogP contribution is 2.44. The van der Waals surface area contributed by atoms with Crippen LogP contribution in [0.15, 0.2) is 160 Å². The monoisotopic (exact) mass is 761 g/mol. The highest BCUT2D eigenvalue weighted by molar-refractivity contribution is 6.17. The minimum absolute atomic E-state index is 0.240. The van der Waals surface area contributed by atoms with Crippen molar-refractivity contribution in [1.29, 1.82) is 5.26 Å². The second-order valence-electron chi connectivity index (χ2n) is 16.2. The number of furan rings is 2. The number of imidazole rings is 1. The standard InChI is InChI=1S/C54H39N3O2/c1-31(2)41-26-38(33-13-7-5-8-14-33)27-42(32(3)4)51(41)57-52-39-18-12-11-15-34(39)20-23-46(52)56-54(57)36-21-24-47-43(25-36)45-29-49-44(28-48(45)58-47)40-22-19-37(30-55)50(53(40)59-49)35-16-9-6-10-17-35/h5-29,31-32H,1-4H3. The topological polar surface area (TPSA) is 67.9 Å². The molecule has 11 aromatic rings. The van der Waals surface area contributed by atoms with Gasteiger partial charge in [-0.25, -0.2) is 4.98 Å². The molecule has 0 fully saturated rings. The van der Waals surface area contributed by atoms with Gasteiger partial charge >= 0.3 is 0 Å². The van der Waals surface area contributed by atoms with Crippen molar-refractivity contribution >= 4 is 65.7 Å². The van der Waals surface area contributed by atoms with E-state index in [0.29, 0.717) is 11.1 Å². The fraction of sp³-hybridized carbons (Fsp3) is 0.111. The van der Waals surface area contributed by atoms with E-state index in [1.807, 2.05) is 42.5 Å². The summed E-state index contributed by atoms with van der Waals surface area (Å²) in [5.41, 5.74) is 14.6. The minimum Gasteiger partial charge on any atom is -0.456 e. The van der Waals surface area contributed by atoms with Crippen LogP contribution in [0, 0.1) is 11.3 Å². The Bertz CT molecular complexity index is 3480. The molecule has 8 aromatic carbocycles. The summed E-state index contributed by atoms with van der Waals surface area (Å²) in [6, 6.07) is 55.3. The van der Waals surface area contributed by atoms with Crippen LogP contribution < -0.4 is 0 Å². The van der Waals surface area contributed by atoms with Crippen molar-refractivity contribution in [3.05, 3.63) is 168 Å². The van der Waals surface area contributed by atoms with Crippen molar-refractivity contribution in [2.24, 2.45) is 0 Å². The molecular weight excluding hydrogens is 723 g/mol. The van der Waals surface area contributed by atoms with Crippen LogP contribution in [-0.2, 0) is 0 Å². The molecule has 5 nitrogen and oxygen atoms in total. The van der Waals surface area contributed by atoms with Gasteiger partial charge in [-0.1, -0.05) is 119 Å². The lowest BCUT2D eigenvalue weighted by Gasteiger charge is -2.24. The highest BCUT2D eigenvalue weighted by atomic mass is 16.3. The number of benzene rings is 8. The smallest absolute Gasteiger partial charge is 0.145 e. The Morgan fingerprint density at radius 3 is 1.88 bits per heavy atom. The molecule has 11 rings (SSSR count). The third-order valence-electron chi connectivity index (χ3n) is 12.0. The molecule has 0 N–H and O–H groups in total. The third-order valence-corrected chi connectivity index (χ3v) is 12.0. The molecule has 0 radical (unpaired) electrons. The van der Waals surface area contributed by atoms with Crippen molar-refractivity contribution in [1.82, 2.24) is 9.55 Å². The van der Waals surface area contributed by atoms with E-state index in [1.54, 1.807) is 0 Å². The van der Waals surface area contributed by atoms with E-state index in [0.717, 1.165) is 77.2 Å². The third kappa shape index (κ3) is 5.41. The van der Waals surface area contributed by atoms with Gasteiger partial charge in [0.1, 0.15) is 28.2 Å². The molecule has 0 saturated heterocycles. The number of rotatable bonds is 6. The van der Waals surface area contributed by atoms with Crippen LogP contribution in [-0.4, -0.2) is 9.55 Å². The summed E-state index contributed by atoms with van der Waals surface area (Å²) >= 11 is 0. The van der Waals surface area contributed by atoms with Crippen molar-refractivity contribution < 1.29 is 8.83 Å². The average Bonchev–Trinajstić information content (AvgIpc) is 3.96. The maximum atomic E-state index is 10.1. The Morgan fingerprint density at radius 2 is 1.17 bits per heavy atom. The van der Waals surface area contributed by atoms with Crippen molar-refractivity contribution in [3.8, 4) is 45.4 Å². The van der Waals surface area contributed by atoms with Crippen LogP contribution in [0.25, 0.3) is 105 Å². The van der Waals surface area contributed by atoms with Gasteiger partial charge in [-0.2, -0.15) is 5.26 Å². The van der Waals surface area contributed by atoms with Gasteiger partial charge in [0, 0.05) is 38.1 Å². The second kappa shape index (κ2) is 13.3. The van der Waals surface area contributed by atoms with Crippen molar-refractivity contribution in [3.63, 3.8) is 0 Å². The van der Waals surface area contributed by atoms with E-state index in [2.05, 4.69) is 148 Å². The lowest BCUT2D eigenvalue weighted by Crippen LogP contribution is -2.09. The van der Waals surface area contributed by atoms with Crippen LogP contribution in [0.3, 0.4) is 0 Å². The molecule has 0 atom stereocenters. The second-order valence-corrected chi connectivity index (χ2v) is 16.2. The Balaban J connectivity index is 1.18. The molecule has 0 spiro atoms. The zero-order valence-electron chi connectivity index (χ0n) is 33.2. The molecule has 0 aliphatic carbocycles. The Labute approximate surface area is 341 Å². The normalized spacial score (nSPS) is 12.0. The first-order chi connectivity index (χ1) is 28.9. The molecule has 3 aromatic heterocycles. The number of hydrogen-bond donors (Lipinski definition) is 0. The SMILES string of the molecule is CC(C)c1cc(-c2ccccc2)cc(C(C)C)c1-n1c(-c2ccc3oc4cc5c(cc4c3c2)oc2c(-c3ccccc3)c(C#N)ccc25)nc2ccc3ccccc3c21. The van der Waals surface area contributed by atoms with Crippen LogP contribution in [0.5, 0.6) is 0 Å². The number of aromatic nitrogens is 2. The molecule has 3 heterocycles. The van der Waals surface area contributed by atoms with E-state index < -0.39 is 0 Å². The summed E-state index contributed by atoms with van der Waals surface area (Å²) in [5.74, 6) is 1.36. The summed E-state index contributed by atoms with van der Waals surface area (Å²) < 4.78 is 15.7. The van der Waals surface area contributed by atoms with E-state index in [-0.39, 0.29) is 11.8 Å². The maximum absolute atomic E-state index is 10.1. The zero-order chi connectivity index (χ0) is 39.9. The summed E-state index contributed by atoms with van der Waals surface area (Å²) in [5, 5.41) is 16.3. The molecule has 0 aliphatic heterocycles. The largest absolute Gasteiger partial charge is 0.456 e. The number of nitriles is 1. The molecule has 0 aliphatic rings. The fourth-order valence-electron chi connectivity index (χ4n) is 9.10. The summed E-state index contributed by atoms with van der Waals surface area (Å²) in [4.78, 5) is 5.48. The van der Waals surface area contributed by atoms with E-state index >= 15 is 0 Å². The summed E-state index contributed by atoms with van der Waals surface area (Å²) in [6.45, 7) is 9.17. The van der Waals surface area contributed by atoms with Gasteiger partial charge in [0.05, 0.1) is 28.4 Å². The van der Waals surface area contributed by atoms with Gasteiger partial charge in [-0.3, -0.25) is 4.57 Å². The lowest BCUT2D eigenvalue weighted by molar-refractivity contribution is 0.664. The maximum Gasteiger partial charge on any atom is 0.145 e. The molecule has 5 heteroatoms. The molecule has 0 saturated carbocycles. The van der Waals surface area contributed by atoms with Gasteiger partial charge < -0.3 is 8.83 Å². The van der Waals surface area contributed by atoms with E-state index in [4.69, 9.17) is 13.8 Å². The minimum atomic E-state index is 0.240. The average molecular weight is 762 g/mol. The van der Waals surface area contributed by atoms with E-state index in [9.17, 15) is 5.26 Å². The molecule has 282 valence electrons. The fourth-order valence-corrected chi connectivity index (χ4v) is 9.10. The van der Waals surface area contributed by atoms with Gasteiger partial charge in [-0.15, -0.1) is 0 Å². The summed E-state index contributed by atoms with van der Waals surface area (Å²) in [6.07, 6.45) is 0. The van der Waals surface area contributed by atoms with Crippen LogP contribution >= 0.6 is 0 Å². The van der Waals surface area contributed by atoms with Crippen LogP contribution in [0.2, 0.25) is 0 Å². The van der Waals surface area contributed by atoms with Gasteiger partial charge in [0.2, 0.25) is 0 Å².